The third-order valence-corrected chi connectivity index (χ3v) is 5.21. The minimum atomic E-state index is -3.71. The minimum absolute atomic E-state index is 0.0340. The molecule has 0 radical (unpaired) electrons. The van der Waals surface area contributed by atoms with Crippen LogP contribution in [-0.2, 0) is 14.8 Å². The van der Waals surface area contributed by atoms with Crippen LogP contribution in [0.3, 0.4) is 0 Å². The van der Waals surface area contributed by atoms with Gasteiger partial charge in [-0.15, -0.1) is 0 Å². The topological polar surface area (TPSA) is 98.5 Å². The van der Waals surface area contributed by atoms with Crippen LogP contribution in [0.5, 0.6) is 0 Å². The molecule has 0 saturated carbocycles. The van der Waals surface area contributed by atoms with Gasteiger partial charge in [-0.1, -0.05) is 6.07 Å². The molecule has 6 nitrogen and oxygen atoms in total. The van der Waals surface area contributed by atoms with Crippen molar-refractivity contribution in [1.29, 1.82) is 0 Å². The average molecular weight is 312 g/mol. The number of primary amides is 1. The molecule has 1 saturated heterocycles. The van der Waals surface area contributed by atoms with Crippen LogP contribution < -0.4 is 10.5 Å². The number of rotatable bonds is 5. The van der Waals surface area contributed by atoms with Gasteiger partial charge in [0.15, 0.2) is 0 Å². The van der Waals surface area contributed by atoms with Crippen molar-refractivity contribution in [2.75, 3.05) is 6.61 Å². The van der Waals surface area contributed by atoms with E-state index in [1.54, 1.807) is 19.9 Å². The predicted octanol–water partition coefficient (Wildman–Crippen LogP) is 0.940. The first kappa shape index (κ1) is 15.9. The summed E-state index contributed by atoms with van der Waals surface area (Å²) < 4.78 is 32.8. The van der Waals surface area contributed by atoms with Crippen LogP contribution >= 0.6 is 0 Å². The van der Waals surface area contributed by atoms with Crippen molar-refractivity contribution in [3.63, 3.8) is 0 Å². The highest BCUT2D eigenvalue weighted by Gasteiger charge is 2.27. The summed E-state index contributed by atoms with van der Waals surface area (Å²) in [7, 11) is -3.71. The Bertz CT molecular complexity index is 636. The first-order valence-electron chi connectivity index (χ1n) is 6.85. The summed E-state index contributed by atoms with van der Waals surface area (Å²) in [5, 5.41) is 0. The zero-order valence-corrected chi connectivity index (χ0v) is 12.9. The second kappa shape index (κ2) is 6.13. The summed E-state index contributed by atoms with van der Waals surface area (Å²) in [6.07, 6.45) is 1.66. The largest absolute Gasteiger partial charge is 0.377 e. The fraction of sp³-hybridized carbons (Fsp3) is 0.500. The number of aryl methyl sites for hydroxylation is 1. The molecule has 21 heavy (non-hydrogen) atoms. The van der Waals surface area contributed by atoms with E-state index < -0.39 is 15.9 Å². The maximum Gasteiger partial charge on any atom is 0.249 e. The molecule has 1 aliphatic heterocycles. The first-order valence-corrected chi connectivity index (χ1v) is 8.34. The lowest BCUT2D eigenvalue weighted by atomic mass is 10.1. The number of hydrogen-bond acceptors (Lipinski definition) is 4. The molecular weight excluding hydrogens is 292 g/mol. The highest BCUT2D eigenvalue weighted by atomic mass is 32.2. The van der Waals surface area contributed by atoms with Gasteiger partial charge in [-0.3, -0.25) is 4.79 Å². The molecule has 2 atom stereocenters. The lowest BCUT2D eigenvalue weighted by Gasteiger charge is -2.20. The Morgan fingerprint density at radius 1 is 1.48 bits per heavy atom. The van der Waals surface area contributed by atoms with E-state index in [0.717, 1.165) is 12.8 Å². The summed E-state index contributed by atoms with van der Waals surface area (Å²) in [5.74, 6) is -0.642. The van der Waals surface area contributed by atoms with Gasteiger partial charge in [0.25, 0.3) is 0 Å². The van der Waals surface area contributed by atoms with Crippen LogP contribution in [0.15, 0.2) is 23.1 Å². The van der Waals surface area contributed by atoms with Gasteiger partial charge in [0.2, 0.25) is 15.9 Å². The van der Waals surface area contributed by atoms with Crippen LogP contribution in [0.2, 0.25) is 0 Å². The van der Waals surface area contributed by atoms with E-state index in [2.05, 4.69) is 4.72 Å². The molecule has 0 bridgehead atoms. The minimum Gasteiger partial charge on any atom is -0.377 e. The van der Waals surface area contributed by atoms with Crippen LogP contribution in [0.4, 0.5) is 0 Å². The maximum absolute atomic E-state index is 12.4. The van der Waals surface area contributed by atoms with Crippen molar-refractivity contribution in [3.05, 3.63) is 29.3 Å². The normalized spacial score (nSPS) is 20.4. The summed E-state index contributed by atoms with van der Waals surface area (Å²) in [6.45, 7) is 4.14. The summed E-state index contributed by atoms with van der Waals surface area (Å²) in [6, 6.07) is 4.02. The highest BCUT2D eigenvalue weighted by molar-refractivity contribution is 7.89. The number of ether oxygens (including phenoxy) is 1. The fourth-order valence-electron chi connectivity index (χ4n) is 2.42. The molecule has 0 unspecified atom stereocenters. The highest BCUT2D eigenvalue weighted by Crippen LogP contribution is 2.19. The molecule has 2 rings (SSSR count). The molecule has 116 valence electrons. The number of amides is 1. The Morgan fingerprint density at radius 3 is 2.76 bits per heavy atom. The van der Waals surface area contributed by atoms with E-state index in [0.29, 0.717) is 12.2 Å². The van der Waals surface area contributed by atoms with Crippen LogP contribution in [0.1, 0.15) is 35.7 Å². The molecule has 1 fully saturated rings. The average Bonchev–Trinajstić information content (AvgIpc) is 2.92. The molecule has 1 aliphatic rings. The molecule has 1 amide bonds. The van der Waals surface area contributed by atoms with Gasteiger partial charge >= 0.3 is 0 Å². The predicted molar refractivity (Wildman–Crippen MR) is 78.5 cm³/mol. The number of sulfonamides is 1. The lowest BCUT2D eigenvalue weighted by molar-refractivity contribution is 0.0902. The third kappa shape index (κ3) is 3.61. The Morgan fingerprint density at radius 2 is 2.19 bits per heavy atom. The molecule has 0 aliphatic carbocycles. The standard InChI is InChI=1S/C14H20N2O4S/c1-9-5-6-11(8-12(9)14(15)17)21(18,19)16-10(2)13-4-3-7-20-13/h5-6,8,10,13,16H,3-4,7H2,1-2H3,(H2,15,17)/t10-,13+/m1/s1. The van der Waals surface area contributed by atoms with Crippen LogP contribution in [-0.4, -0.2) is 33.1 Å². The van der Waals surface area contributed by atoms with Gasteiger partial charge < -0.3 is 10.5 Å². The van der Waals surface area contributed by atoms with E-state index >= 15 is 0 Å². The quantitative estimate of drug-likeness (QED) is 0.845. The molecule has 7 heteroatoms. The Balaban J connectivity index is 2.23. The van der Waals surface area contributed by atoms with Gasteiger partial charge in [0, 0.05) is 18.2 Å². The van der Waals surface area contributed by atoms with E-state index in [4.69, 9.17) is 10.5 Å². The number of nitrogens with one attached hydrogen (secondary N) is 1. The fourth-order valence-corrected chi connectivity index (χ4v) is 3.72. The third-order valence-electron chi connectivity index (χ3n) is 3.65. The van der Waals surface area contributed by atoms with Crippen LogP contribution in [0.25, 0.3) is 0 Å². The molecular formula is C14H20N2O4S. The monoisotopic (exact) mass is 312 g/mol. The van der Waals surface area contributed by atoms with Crippen molar-refractivity contribution in [2.45, 2.75) is 43.7 Å². The smallest absolute Gasteiger partial charge is 0.249 e. The van der Waals surface area contributed by atoms with Gasteiger partial charge in [-0.25, -0.2) is 13.1 Å². The van der Waals surface area contributed by atoms with E-state index in [9.17, 15) is 13.2 Å². The number of carbonyl (C=O) groups excluding carboxylic acids is 1. The van der Waals surface area contributed by atoms with E-state index in [1.165, 1.54) is 12.1 Å². The van der Waals surface area contributed by atoms with Crippen molar-refractivity contribution in [1.82, 2.24) is 4.72 Å². The second-order valence-electron chi connectivity index (χ2n) is 5.30. The first-order chi connectivity index (χ1) is 9.81. The van der Waals surface area contributed by atoms with Crippen molar-refractivity contribution < 1.29 is 17.9 Å². The Kier molecular flexibility index (Phi) is 4.65. The molecule has 1 aromatic carbocycles. The summed E-state index contributed by atoms with van der Waals surface area (Å²) >= 11 is 0. The molecule has 1 aromatic rings. The number of hydrogen-bond donors (Lipinski definition) is 2. The van der Waals surface area contributed by atoms with Gasteiger partial charge in [0.1, 0.15) is 0 Å². The zero-order valence-electron chi connectivity index (χ0n) is 12.1. The Hall–Kier alpha value is -1.44. The molecule has 3 N–H and O–H groups in total. The van der Waals surface area contributed by atoms with Crippen LogP contribution in [0, 0.1) is 6.92 Å². The molecule has 1 heterocycles. The molecule has 0 aromatic heterocycles. The molecule has 0 spiro atoms. The summed E-state index contributed by atoms with van der Waals surface area (Å²) in [5.41, 5.74) is 6.11. The van der Waals surface area contributed by atoms with Gasteiger partial charge in [-0.05, 0) is 44.4 Å². The van der Waals surface area contributed by atoms with Gasteiger partial charge in [-0.2, -0.15) is 0 Å². The van der Waals surface area contributed by atoms with Crippen molar-refractivity contribution in [2.24, 2.45) is 5.73 Å². The van der Waals surface area contributed by atoms with E-state index in [-0.39, 0.29) is 22.6 Å². The maximum atomic E-state index is 12.4. The van der Waals surface area contributed by atoms with Crippen molar-refractivity contribution >= 4 is 15.9 Å². The second-order valence-corrected chi connectivity index (χ2v) is 7.02. The number of carbonyl (C=O) groups is 1. The number of benzene rings is 1. The summed E-state index contributed by atoms with van der Waals surface area (Å²) in [4.78, 5) is 11.4. The number of nitrogens with two attached hydrogens (primary N) is 1. The van der Waals surface area contributed by atoms with Gasteiger partial charge in [0.05, 0.1) is 11.0 Å². The van der Waals surface area contributed by atoms with Crippen molar-refractivity contribution in [3.8, 4) is 0 Å². The lowest BCUT2D eigenvalue weighted by Crippen LogP contribution is -2.40. The Labute approximate surface area is 124 Å². The van der Waals surface area contributed by atoms with E-state index in [1.807, 2.05) is 0 Å². The SMILES string of the molecule is Cc1ccc(S(=O)(=O)N[C@H](C)[C@@H]2CCCO2)cc1C(N)=O. The zero-order chi connectivity index (χ0) is 15.6.